The van der Waals surface area contributed by atoms with Gasteiger partial charge in [-0.2, -0.15) is 4.31 Å². The first-order chi connectivity index (χ1) is 14.4. The molecule has 1 aromatic carbocycles. The van der Waals surface area contributed by atoms with Gasteiger partial charge in [-0.05, 0) is 55.5 Å². The van der Waals surface area contributed by atoms with Crippen LogP contribution in [0.1, 0.15) is 44.0 Å². The van der Waals surface area contributed by atoms with Crippen molar-refractivity contribution in [1.82, 2.24) is 4.31 Å². The molecule has 8 nitrogen and oxygen atoms in total. The molecule has 0 radical (unpaired) electrons. The summed E-state index contributed by atoms with van der Waals surface area (Å²) in [5, 5.41) is 3.25. The molecular weight excluding hydrogens is 426 g/mol. The van der Waals surface area contributed by atoms with Crippen LogP contribution in [0.4, 0.5) is 5.00 Å². The fourth-order valence-corrected chi connectivity index (χ4v) is 6.50. The first-order valence-corrected chi connectivity index (χ1v) is 12.1. The van der Waals surface area contributed by atoms with Crippen LogP contribution >= 0.6 is 11.3 Å². The van der Waals surface area contributed by atoms with Gasteiger partial charge in [0.1, 0.15) is 5.00 Å². The Labute approximate surface area is 179 Å². The largest absolute Gasteiger partial charge is 0.379 e. The zero-order valence-electron chi connectivity index (χ0n) is 16.3. The van der Waals surface area contributed by atoms with Crippen LogP contribution in [-0.4, -0.2) is 50.8 Å². The Hall–Kier alpha value is -2.27. The number of morpholine rings is 1. The predicted molar refractivity (Wildman–Crippen MR) is 113 cm³/mol. The number of aryl methyl sites for hydroxylation is 1. The highest BCUT2D eigenvalue weighted by molar-refractivity contribution is 7.89. The second-order valence-electron chi connectivity index (χ2n) is 7.27. The SMILES string of the molecule is NC(=O)c1c(NC(=O)c2ccc(S(=O)(=O)N3CCOCC3)cc2)sc2c1CCCC2. The minimum Gasteiger partial charge on any atom is -0.379 e. The van der Waals surface area contributed by atoms with E-state index in [4.69, 9.17) is 10.5 Å². The van der Waals surface area contributed by atoms with E-state index in [0.29, 0.717) is 42.4 Å². The van der Waals surface area contributed by atoms with Gasteiger partial charge in [0.05, 0.1) is 23.7 Å². The van der Waals surface area contributed by atoms with Gasteiger partial charge in [0.15, 0.2) is 0 Å². The number of carbonyl (C=O) groups excluding carboxylic acids is 2. The van der Waals surface area contributed by atoms with Gasteiger partial charge >= 0.3 is 0 Å². The number of sulfonamides is 1. The quantitative estimate of drug-likeness (QED) is 0.724. The molecule has 10 heteroatoms. The van der Waals surface area contributed by atoms with E-state index in [9.17, 15) is 18.0 Å². The van der Waals surface area contributed by atoms with Crippen molar-refractivity contribution >= 4 is 38.2 Å². The molecule has 1 fully saturated rings. The minimum atomic E-state index is -3.62. The van der Waals surface area contributed by atoms with Gasteiger partial charge in [-0.3, -0.25) is 9.59 Å². The first kappa shape index (κ1) is 21.0. The maximum Gasteiger partial charge on any atom is 0.256 e. The highest BCUT2D eigenvalue weighted by Gasteiger charge is 2.27. The second kappa shape index (κ2) is 8.46. The average Bonchev–Trinajstić information content (AvgIpc) is 3.12. The summed E-state index contributed by atoms with van der Waals surface area (Å²) >= 11 is 1.39. The summed E-state index contributed by atoms with van der Waals surface area (Å²) in [6.45, 7) is 1.35. The molecule has 0 bridgehead atoms. The lowest BCUT2D eigenvalue weighted by Gasteiger charge is -2.26. The molecule has 2 heterocycles. The van der Waals surface area contributed by atoms with Crippen LogP contribution in [-0.2, 0) is 27.6 Å². The fourth-order valence-electron chi connectivity index (χ4n) is 3.80. The molecule has 0 saturated carbocycles. The number of amides is 2. The molecule has 2 amide bonds. The number of rotatable bonds is 5. The molecule has 30 heavy (non-hydrogen) atoms. The summed E-state index contributed by atoms with van der Waals surface area (Å²) in [4.78, 5) is 25.9. The van der Waals surface area contributed by atoms with Crippen molar-refractivity contribution in [3.05, 3.63) is 45.8 Å². The van der Waals surface area contributed by atoms with Crippen molar-refractivity contribution in [2.75, 3.05) is 31.6 Å². The van der Waals surface area contributed by atoms with Gasteiger partial charge in [-0.1, -0.05) is 0 Å². The summed E-state index contributed by atoms with van der Waals surface area (Å²) < 4.78 is 32.0. The molecule has 0 unspecified atom stereocenters. The third-order valence-corrected chi connectivity index (χ3v) is 8.49. The summed E-state index contributed by atoms with van der Waals surface area (Å²) in [5.74, 6) is -0.955. The Balaban J connectivity index is 1.54. The molecule has 0 atom stereocenters. The van der Waals surface area contributed by atoms with Crippen molar-refractivity contribution in [2.24, 2.45) is 5.73 Å². The molecule has 2 aliphatic rings. The maximum atomic E-state index is 12.7. The molecule has 1 aromatic heterocycles. The lowest BCUT2D eigenvalue weighted by atomic mass is 9.95. The second-order valence-corrected chi connectivity index (χ2v) is 10.3. The summed E-state index contributed by atoms with van der Waals surface area (Å²) in [5.41, 5.74) is 7.22. The molecule has 1 aliphatic heterocycles. The van der Waals surface area contributed by atoms with Crippen LogP contribution < -0.4 is 11.1 Å². The third-order valence-electron chi connectivity index (χ3n) is 5.37. The number of nitrogens with one attached hydrogen (secondary N) is 1. The Morgan fingerprint density at radius 2 is 1.73 bits per heavy atom. The average molecular weight is 450 g/mol. The van der Waals surface area contributed by atoms with Gasteiger partial charge in [0, 0.05) is 23.5 Å². The van der Waals surface area contributed by atoms with E-state index in [1.807, 2.05) is 0 Å². The topological polar surface area (TPSA) is 119 Å². The number of nitrogens with two attached hydrogens (primary N) is 1. The molecule has 1 saturated heterocycles. The Kier molecular flexibility index (Phi) is 5.92. The summed E-state index contributed by atoms with van der Waals surface area (Å²) in [6.07, 6.45) is 3.72. The minimum absolute atomic E-state index is 0.130. The zero-order chi connectivity index (χ0) is 21.3. The Morgan fingerprint density at radius 1 is 1.07 bits per heavy atom. The lowest BCUT2D eigenvalue weighted by Crippen LogP contribution is -2.40. The van der Waals surface area contributed by atoms with E-state index in [-0.39, 0.29) is 4.90 Å². The number of fused-ring (bicyclic) bond motifs is 1. The van der Waals surface area contributed by atoms with Gasteiger partial charge in [-0.25, -0.2) is 8.42 Å². The number of primary amides is 1. The monoisotopic (exact) mass is 449 g/mol. The van der Waals surface area contributed by atoms with E-state index in [1.165, 1.54) is 39.9 Å². The molecule has 160 valence electrons. The Bertz CT molecular complexity index is 1070. The molecule has 3 N–H and O–H groups in total. The fraction of sp³-hybridized carbons (Fsp3) is 0.400. The summed E-state index contributed by atoms with van der Waals surface area (Å²) in [6, 6.07) is 5.79. The lowest BCUT2D eigenvalue weighted by molar-refractivity contribution is 0.0730. The highest BCUT2D eigenvalue weighted by atomic mass is 32.2. The van der Waals surface area contributed by atoms with Crippen molar-refractivity contribution in [3.63, 3.8) is 0 Å². The summed E-state index contributed by atoms with van der Waals surface area (Å²) in [7, 11) is -3.62. The van der Waals surface area contributed by atoms with Crippen LogP contribution in [0.15, 0.2) is 29.2 Å². The van der Waals surface area contributed by atoms with Crippen molar-refractivity contribution in [2.45, 2.75) is 30.6 Å². The van der Waals surface area contributed by atoms with Gasteiger partial charge in [0.2, 0.25) is 10.0 Å². The predicted octanol–water partition coefficient (Wildman–Crippen LogP) is 2.00. The molecule has 4 rings (SSSR count). The zero-order valence-corrected chi connectivity index (χ0v) is 18.0. The Morgan fingerprint density at radius 3 is 2.40 bits per heavy atom. The number of thiophene rings is 1. The van der Waals surface area contributed by atoms with E-state index in [0.717, 1.165) is 36.1 Å². The number of anilines is 1. The van der Waals surface area contributed by atoms with Crippen LogP contribution in [0.5, 0.6) is 0 Å². The smallest absolute Gasteiger partial charge is 0.256 e. The maximum absolute atomic E-state index is 12.7. The number of hydrogen-bond donors (Lipinski definition) is 2. The standard InChI is InChI=1S/C20H23N3O5S2/c21-18(24)17-15-3-1-2-4-16(15)29-20(17)22-19(25)13-5-7-14(8-6-13)30(26,27)23-9-11-28-12-10-23/h5-8H,1-4,9-12H2,(H2,21,24)(H,22,25). The molecule has 1 aliphatic carbocycles. The normalized spacial score (nSPS) is 17.3. The number of benzene rings is 1. The molecular formula is C20H23N3O5S2. The molecule has 2 aromatic rings. The first-order valence-electron chi connectivity index (χ1n) is 9.81. The number of hydrogen-bond acceptors (Lipinski definition) is 6. The number of nitrogens with zero attached hydrogens (tertiary/aromatic N) is 1. The van der Waals surface area contributed by atoms with Crippen molar-refractivity contribution in [1.29, 1.82) is 0 Å². The third kappa shape index (κ3) is 4.00. The van der Waals surface area contributed by atoms with Gasteiger partial charge < -0.3 is 15.8 Å². The number of carbonyl (C=O) groups is 2. The van der Waals surface area contributed by atoms with Crippen LogP contribution in [0.3, 0.4) is 0 Å². The van der Waals surface area contributed by atoms with Crippen LogP contribution in [0, 0.1) is 0 Å². The van der Waals surface area contributed by atoms with E-state index < -0.39 is 21.8 Å². The molecule has 0 spiro atoms. The number of ether oxygens (including phenoxy) is 1. The highest BCUT2D eigenvalue weighted by Crippen LogP contribution is 2.38. The van der Waals surface area contributed by atoms with Gasteiger partial charge in [0.25, 0.3) is 11.8 Å². The van der Waals surface area contributed by atoms with E-state index in [1.54, 1.807) is 0 Å². The van der Waals surface area contributed by atoms with E-state index in [2.05, 4.69) is 5.32 Å². The van der Waals surface area contributed by atoms with Crippen LogP contribution in [0.2, 0.25) is 0 Å². The van der Waals surface area contributed by atoms with E-state index >= 15 is 0 Å². The van der Waals surface area contributed by atoms with Gasteiger partial charge in [-0.15, -0.1) is 11.3 Å². The van der Waals surface area contributed by atoms with Crippen molar-refractivity contribution in [3.8, 4) is 0 Å². The van der Waals surface area contributed by atoms with Crippen molar-refractivity contribution < 1.29 is 22.7 Å². The van der Waals surface area contributed by atoms with Crippen LogP contribution in [0.25, 0.3) is 0 Å².